The van der Waals surface area contributed by atoms with Gasteiger partial charge in [0.05, 0.1) is 18.2 Å². The van der Waals surface area contributed by atoms with Crippen LogP contribution in [0.4, 0.5) is 23.0 Å². The number of carbonyl (C=O) groups excluding carboxylic acids is 1. The fraction of sp³-hybridized carbons (Fsp3) is 0.261. The number of aryl methyl sites for hydroxylation is 1. The first-order valence-corrected chi connectivity index (χ1v) is 11.1. The first-order valence-electron chi connectivity index (χ1n) is 10.4. The summed E-state index contributed by atoms with van der Waals surface area (Å²) in [7, 11) is 0. The molecule has 1 aliphatic heterocycles. The van der Waals surface area contributed by atoms with Crippen molar-refractivity contribution >= 4 is 52.1 Å². The molecule has 4 rings (SSSR count). The monoisotopic (exact) mass is 487 g/mol. The molecule has 1 fully saturated rings. The van der Waals surface area contributed by atoms with Crippen molar-refractivity contribution in [1.82, 2.24) is 9.97 Å². The topological polar surface area (TPSA) is 88.6 Å². The molecule has 1 aromatic heterocycles. The molecule has 1 saturated heterocycles. The Morgan fingerprint density at radius 2 is 1.79 bits per heavy atom. The van der Waals surface area contributed by atoms with E-state index in [0.29, 0.717) is 46.3 Å². The summed E-state index contributed by atoms with van der Waals surface area (Å²) in [6.07, 6.45) is 0. The standard InChI is InChI=1S/C23H23Cl2N5O3/c1-15-26-21(13-22(27-15)30-8-10-32-11-9-30)28-17-3-5-18(6-4-17)29-23(31)14-33-20-7-2-16(24)12-19(20)25/h2-7,12-13H,8-11,14H2,1H3,(H,29,31)(H,26,27,28). The van der Waals surface area contributed by atoms with Crippen molar-refractivity contribution in [2.45, 2.75) is 6.92 Å². The third-order valence-electron chi connectivity index (χ3n) is 4.85. The summed E-state index contributed by atoms with van der Waals surface area (Å²) in [4.78, 5) is 23.4. The van der Waals surface area contributed by atoms with Crippen molar-refractivity contribution in [3.05, 3.63) is 64.4 Å². The number of morpholine rings is 1. The molecule has 2 aromatic carbocycles. The first-order chi connectivity index (χ1) is 16.0. The zero-order valence-corrected chi connectivity index (χ0v) is 19.5. The zero-order valence-electron chi connectivity index (χ0n) is 18.0. The highest BCUT2D eigenvalue weighted by Gasteiger charge is 2.14. The third-order valence-corrected chi connectivity index (χ3v) is 5.38. The van der Waals surface area contributed by atoms with E-state index >= 15 is 0 Å². The van der Waals surface area contributed by atoms with Crippen molar-refractivity contribution in [3.63, 3.8) is 0 Å². The van der Waals surface area contributed by atoms with Gasteiger partial charge in [0.25, 0.3) is 5.91 Å². The normalized spacial score (nSPS) is 13.5. The predicted octanol–water partition coefficient (Wildman–Crippen LogP) is 4.69. The Kier molecular flexibility index (Phi) is 7.49. The molecular weight excluding hydrogens is 465 g/mol. The molecule has 10 heteroatoms. The lowest BCUT2D eigenvalue weighted by Gasteiger charge is -2.28. The summed E-state index contributed by atoms with van der Waals surface area (Å²) >= 11 is 11.9. The number of carbonyl (C=O) groups is 1. The van der Waals surface area contributed by atoms with Crippen LogP contribution in [0.15, 0.2) is 48.5 Å². The average molecular weight is 488 g/mol. The molecule has 33 heavy (non-hydrogen) atoms. The van der Waals surface area contributed by atoms with Crippen LogP contribution in [0.5, 0.6) is 5.75 Å². The highest BCUT2D eigenvalue weighted by Crippen LogP contribution is 2.27. The van der Waals surface area contributed by atoms with E-state index in [9.17, 15) is 4.79 Å². The molecule has 0 bridgehead atoms. The fourth-order valence-electron chi connectivity index (χ4n) is 3.29. The molecule has 2 N–H and O–H groups in total. The molecule has 0 aliphatic carbocycles. The lowest BCUT2D eigenvalue weighted by Crippen LogP contribution is -2.36. The number of benzene rings is 2. The summed E-state index contributed by atoms with van der Waals surface area (Å²) in [6, 6.07) is 14.1. The van der Waals surface area contributed by atoms with E-state index in [1.54, 1.807) is 30.3 Å². The van der Waals surface area contributed by atoms with E-state index in [-0.39, 0.29) is 12.5 Å². The van der Waals surface area contributed by atoms with Crippen LogP contribution in [-0.4, -0.2) is 48.8 Å². The second-order valence-corrected chi connectivity index (χ2v) is 8.22. The van der Waals surface area contributed by atoms with Crippen LogP contribution in [-0.2, 0) is 9.53 Å². The van der Waals surface area contributed by atoms with Gasteiger partial charge < -0.3 is 25.0 Å². The van der Waals surface area contributed by atoms with Gasteiger partial charge in [-0.2, -0.15) is 0 Å². The van der Waals surface area contributed by atoms with Crippen molar-refractivity contribution in [1.29, 1.82) is 0 Å². The minimum absolute atomic E-state index is 0.175. The van der Waals surface area contributed by atoms with Crippen molar-refractivity contribution in [3.8, 4) is 5.75 Å². The molecule has 0 radical (unpaired) electrons. The van der Waals surface area contributed by atoms with Crippen LogP contribution in [0.2, 0.25) is 10.0 Å². The maximum Gasteiger partial charge on any atom is 0.262 e. The number of hydrogen-bond acceptors (Lipinski definition) is 7. The largest absolute Gasteiger partial charge is 0.482 e. The molecule has 1 amide bonds. The Labute approximate surface area is 201 Å². The maximum absolute atomic E-state index is 12.2. The van der Waals surface area contributed by atoms with Gasteiger partial charge in [-0.1, -0.05) is 23.2 Å². The predicted molar refractivity (Wildman–Crippen MR) is 130 cm³/mol. The van der Waals surface area contributed by atoms with Crippen LogP contribution < -0.4 is 20.3 Å². The van der Waals surface area contributed by atoms with Gasteiger partial charge in [0.2, 0.25) is 0 Å². The Hall–Kier alpha value is -3.07. The molecule has 3 aromatic rings. The number of halogens is 2. The Balaban J connectivity index is 1.33. The number of hydrogen-bond donors (Lipinski definition) is 2. The molecule has 0 saturated carbocycles. The Morgan fingerprint density at radius 1 is 1.06 bits per heavy atom. The highest BCUT2D eigenvalue weighted by molar-refractivity contribution is 6.35. The van der Waals surface area contributed by atoms with Gasteiger partial charge in [-0.3, -0.25) is 4.79 Å². The molecule has 172 valence electrons. The van der Waals surface area contributed by atoms with Gasteiger partial charge in [0.1, 0.15) is 23.2 Å². The van der Waals surface area contributed by atoms with Gasteiger partial charge in [0.15, 0.2) is 6.61 Å². The molecule has 8 nitrogen and oxygen atoms in total. The summed E-state index contributed by atoms with van der Waals surface area (Å²) in [5.74, 6) is 2.36. The maximum atomic E-state index is 12.2. The van der Waals surface area contributed by atoms with Gasteiger partial charge in [0, 0.05) is 35.6 Å². The van der Waals surface area contributed by atoms with Crippen LogP contribution in [0.1, 0.15) is 5.82 Å². The number of ether oxygens (including phenoxy) is 2. The van der Waals surface area contributed by atoms with Crippen LogP contribution in [0, 0.1) is 6.92 Å². The van der Waals surface area contributed by atoms with E-state index in [0.717, 1.165) is 24.6 Å². The number of anilines is 4. The van der Waals surface area contributed by atoms with E-state index in [2.05, 4.69) is 25.5 Å². The molecule has 2 heterocycles. The smallest absolute Gasteiger partial charge is 0.262 e. The average Bonchev–Trinajstić information content (AvgIpc) is 2.80. The lowest BCUT2D eigenvalue weighted by molar-refractivity contribution is -0.118. The molecule has 0 atom stereocenters. The summed E-state index contributed by atoms with van der Waals surface area (Å²) in [5, 5.41) is 6.93. The number of nitrogens with zero attached hydrogens (tertiary/aromatic N) is 3. The van der Waals surface area contributed by atoms with E-state index in [4.69, 9.17) is 32.7 Å². The first kappa shape index (κ1) is 23.1. The molecular formula is C23H23Cl2N5O3. The van der Waals surface area contributed by atoms with Gasteiger partial charge in [-0.15, -0.1) is 0 Å². The van der Waals surface area contributed by atoms with E-state index in [1.807, 2.05) is 25.1 Å². The second kappa shape index (κ2) is 10.7. The highest BCUT2D eigenvalue weighted by atomic mass is 35.5. The molecule has 1 aliphatic rings. The van der Waals surface area contributed by atoms with Gasteiger partial charge >= 0.3 is 0 Å². The van der Waals surface area contributed by atoms with Crippen LogP contribution in [0.3, 0.4) is 0 Å². The minimum atomic E-state index is -0.302. The number of aromatic nitrogens is 2. The van der Waals surface area contributed by atoms with Crippen LogP contribution in [0.25, 0.3) is 0 Å². The summed E-state index contributed by atoms with van der Waals surface area (Å²) < 4.78 is 10.9. The Morgan fingerprint density at radius 3 is 2.52 bits per heavy atom. The zero-order chi connectivity index (χ0) is 23.2. The molecule has 0 unspecified atom stereocenters. The van der Waals surface area contributed by atoms with Crippen molar-refractivity contribution in [2.24, 2.45) is 0 Å². The van der Waals surface area contributed by atoms with Gasteiger partial charge in [-0.25, -0.2) is 9.97 Å². The second-order valence-electron chi connectivity index (χ2n) is 7.37. The fourth-order valence-corrected chi connectivity index (χ4v) is 3.75. The SMILES string of the molecule is Cc1nc(Nc2ccc(NC(=O)COc3ccc(Cl)cc3Cl)cc2)cc(N2CCOCC2)n1. The minimum Gasteiger partial charge on any atom is -0.482 e. The van der Waals surface area contributed by atoms with E-state index in [1.165, 1.54) is 0 Å². The summed E-state index contributed by atoms with van der Waals surface area (Å²) in [5.41, 5.74) is 1.48. The molecule has 0 spiro atoms. The number of nitrogens with one attached hydrogen (secondary N) is 2. The summed E-state index contributed by atoms with van der Waals surface area (Å²) in [6.45, 7) is 4.68. The van der Waals surface area contributed by atoms with Crippen molar-refractivity contribution in [2.75, 3.05) is 48.4 Å². The number of amides is 1. The van der Waals surface area contributed by atoms with Gasteiger partial charge in [-0.05, 0) is 49.4 Å². The third kappa shape index (κ3) is 6.47. The van der Waals surface area contributed by atoms with E-state index < -0.39 is 0 Å². The number of rotatable bonds is 7. The Bertz CT molecular complexity index is 1120. The lowest BCUT2D eigenvalue weighted by atomic mass is 10.2. The van der Waals surface area contributed by atoms with Crippen molar-refractivity contribution < 1.29 is 14.3 Å². The quantitative estimate of drug-likeness (QED) is 0.499. The van der Waals surface area contributed by atoms with Crippen LogP contribution >= 0.6 is 23.2 Å².